The summed E-state index contributed by atoms with van der Waals surface area (Å²) in [5.74, 6) is 0. The number of hydrogen-bond donors (Lipinski definition) is 0. The zero-order valence-electron chi connectivity index (χ0n) is 13.9. The van der Waals surface area contributed by atoms with E-state index in [0.717, 1.165) is 11.6 Å². The van der Waals surface area contributed by atoms with Gasteiger partial charge in [0.05, 0.1) is 24.8 Å². The minimum atomic E-state index is -4.47. The number of hydrogen-bond acceptors (Lipinski definition) is 4. The molecule has 3 heterocycles. The number of aromatic nitrogens is 6. The van der Waals surface area contributed by atoms with Crippen LogP contribution in [0, 0.1) is 6.92 Å². The molecule has 0 spiro atoms. The minimum absolute atomic E-state index is 0.134. The van der Waals surface area contributed by atoms with Crippen LogP contribution in [0.2, 0.25) is 5.28 Å². The van der Waals surface area contributed by atoms with Crippen molar-refractivity contribution in [2.45, 2.75) is 19.6 Å². The Morgan fingerprint density at radius 2 is 1.85 bits per heavy atom. The smallest absolute Gasteiger partial charge is 0.311 e. The number of fused-ring (bicyclic) bond motifs is 1. The van der Waals surface area contributed by atoms with E-state index in [1.54, 1.807) is 31.6 Å². The van der Waals surface area contributed by atoms with E-state index in [4.69, 9.17) is 11.6 Å². The third kappa shape index (κ3) is 3.37. The summed E-state index contributed by atoms with van der Waals surface area (Å²) in [5.41, 5.74) is 2.20. The highest BCUT2D eigenvalue weighted by molar-refractivity contribution is 6.28. The molecular weight excluding hydrogens is 381 g/mol. The van der Waals surface area contributed by atoms with Crippen LogP contribution in [0.25, 0.3) is 16.9 Å². The van der Waals surface area contributed by atoms with E-state index >= 15 is 0 Å². The second-order valence-electron chi connectivity index (χ2n) is 5.97. The molecule has 0 amide bonds. The number of aryl methyl sites for hydroxylation is 1. The van der Waals surface area contributed by atoms with Crippen LogP contribution in [0.1, 0.15) is 17.0 Å². The van der Waals surface area contributed by atoms with Crippen LogP contribution < -0.4 is 0 Å². The van der Waals surface area contributed by atoms with Crippen molar-refractivity contribution >= 4 is 22.8 Å². The van der Waals surface area contributed by atoms with Crippen LogP contribution in [0.4, 0.5) is 13.2 Å². The van der Waals surface area contributed by atoms with Gasteiger partial charge in [0.2, 0.25) is 5.28 Å². The lowest BCUT2D eigenvalue weighted by molar-refractivity contribution is -0.141. The number of rotatable bonds is 3. The predicted molar refractivity (Wildman–Crippen MR) is 92.7 cm³/mol. The maximum absolute atomic E-state index is 12.8. The Morgan fingerprint density at radius 3 is 2.52 bits per heavy atom. The summed E-state index contributed by atoms with van der Waals surface area (Å²) in [7, 11) is 0. The van der Waals surface area contributed by atoms with Crippen LogP contribution in [0.15, 0.2) is 42.9 Å². The van der Waals surface area contributed by atoms with Crippen molar-refractivity contribution in [2.24, 2.45) is 0 Å². The lowest BCUT2D eigenvalue weighted by Crippen LogP contribution is -2.07. The van der Waals surface area contributed by atoms with Gasteiger partial charge in [-0.25, -0.2) is 14.6 Å². The third-order valence-electron chi connectivity index (χ3n) is 4.04. The Kier molecular flexibility index (Phi) is 4.11. The zero-order valence-corrected chi connectivity index (χ0v) is 14.7. The largest absolute Gasteiger partial charge is 0.435 e. The van der Waals surface area contributed by atoms with Gasteiger partial charge in [-0.15, -0.1) is 0 Å². The van der Waals surface area contributed by atoms with Crippen LogP contribution in [0.3, 0.4) is 0 Å². The van der Waals surface area contributed by atoms with Gasteiger partial charge in [-0.05, 0) is 42.3 Å². The van der Waals surface area contributed by atoms with E-state index in [1.165, 1.54) is 4.68 Å². The molecule has 0 saturated heterocycles. The molecule has 4 aromatic rings. The van der Waals surface area contributed by atoms with Gasteiger partial charge in [0, 0.05) is 5.69 Å². The van der Waals surface area contributed by atoms with Crippen molar-refractivity contribution in [1.29, 1.82) is 0 Å². The molecule has 0 aliphatic heterocycles. The highest BCUT2D eigenvalue weighted by atomic mass is 35.5. The molecule has 0 aliphatic rings. The van der Waals surface area contributed by atoms with Crippen molar-refractivity contribution in [3.05, 3.63) is 65.1 Å². The van der Waals surface area contributed by atoms with Gasteiger partial charge in [-0.3, -0.25) is 0 Å². The van der Waals surface area contributed by atoms with Crippen molar-refractivity contribution in [3.63, 3.8) is 0 Å². The molecule has 0 radical (unpaired) electrons. The Labute approximate surface area is 156 Å². The fourth-order valence-corrected chi connectivity index (χ4v) is 2.89. The number of alkyl halides is 3. The lowest BCUT2D eigenvalue weighted by atomic mass is 10.2. The fraction of sp³-hybridized carbons (Fsp3) is 0.176. The Morgan fingerprint density at radius 1 is 1.11 bits per heavy atom. The number of benzene rings is 1. The molecule has 6 nitrogen and oxygen atoms in total. The standard InChI is InChI=1S/C17H12ClF3N6/c1-10-6-14(17(19,20)21)25-27(10)12-4-2-11(3-5-12)8-26-9-23-13-7-22-16(18)24-15(13)26/h2-7,9H,8H2,1H3. The lowest BCUT2D eigenvalue weighted by Gasteiger charge is -2.08. The molecule has 0 fully saturated rings. The van der Waals surface area contributed by atoms with E-state index in [2.05, 4.69) is 20.1 Å². The molecule has 0 bridgehead atoms. The molecule has 10 heteroatoms. The number of halogens is 4. The minimum Gasteiger partial charge on any atom is -0.311 e. The topological polar surface area (TPSA) is 61.4 Å². The summed E-state index contributed by atoms with van der Waals surface area (Å²) in [4.78, 5) is 12.3. The highest BCUT2D eigenvalue weighted by Gasteiger charge is 2.34. The number of nitrogens with zero attached hydrogens (tertiary/aromatic N) is 6. The molecule has 138 valence electrons. The van der Waals surface area contributed by atoms with Gasteiger partial charge in [0.25, 0.3) is 0 Å². The Hall–Kier alpha value is -2.94. The maximum Gasteiger partial charge on any atom is 0.435 e. The second kappa shape index (κ2) is 6.34. The summed E-state index contributed by atoms with van der Waals surface area (Å²) in [6.45, 7) is 2.06. The maximum atomic E-state index is 12.8. The molecule has 0 saturated carbocycles. The van der Waals surface area contributed by atoms with E-state index < -0.39 is 11.9 Å². The fourth-order valence-electron chi connectivity index (χ4n) is 2.76. The summed E-state index contributed by atoms with van der Waals surface area (Å²) in [6, 6.07) is 8.10. The van der Waals surface area contributed by atoms with Crippen molar-refractivity contribution in [2.75, 3.05) is 0 Å². The van der Waals surface area contributed by atoms with E-state index in [9.17, 15) is 13.2 Å². The molecular formula is C17H12ClF3N6. The van der Waals surface area contributed by atoms with Crippen LogP contribution >= 0.6 is 11.6 Å². The SMILES string of the molecule is Cc1cc(C(F)(F)F)nn1-c1ccc(Cn2cnc3cnc(Cl)nc32)cc1. The predicted octanol–water partition coefficient (Wildman–Crippen LogP) is 4.04. The number of imidazole rings is 1. The van der Waals surface area contributed by atoms with E-state index in [0.29, 0.717) is 29.1 Å². The first-order valence-corrected chi connectivity index (χ1v) is 8.25. The second-order valence-corrected chi connectivity index (χ2v) is 6.31. The summed E-state index contributed by atoms with van der Waals surface area (Å²) >= 11 is 5.83. The van der Waals surface area contributed by atoms with Crippen LogP contribution in [0.5, 0.6) is 0 Å². The monoisotopic (exact) mass is 392 g/mol. The molecule has 4 rings (SSSR count). The van der Waals surface area contributed by atoms with Crippen molar-refractivity contribution in [3.8, 4) is 5.69 Å². The summed E-state index contributed by atoms with van der Waals surface area (Å²) in [5, 5.41) is 3.79. The highest BCUT2D eigenvalue weighted by Crippen LogP contribution is 2.29. The molecule has 0 aliphatic carbocycles. The summed E-state index contributed by atoms with van der Waals surface area (Å²) in [6.07, 6.45) is -1.29. The molecule has 27 heavy (non-hydrogen) atoms. The van der Waals surface area contributed by atoms with Crippen LogP contribution in [-0.2, 0) is 12.7 Å². The van der Waals surface area contributed by atoms with Gasteiger partial charge in [-0.2, -0.15) is 23.3 Å². The Bertz CT molecular complexity index is 1110. The Balaban J connectivity index is 1.61. The first kappa shape index (κ1) is 17.5. The molecule has 0 N–H and O–H groups in total. The normalized spacial score (nSPS) is 12.0. The molecule has 0 atom stereocenters. The third-order valence-corrected chi connectivity index (χ3v) is 4.22. The van der Waals surface area contributed by atoms with Gasteiger partial charge in [0.15, 0.2) is 11.3 Å². The molecule has 3 aromatic heterocycles. The van der Waals surface area contributed by atoms with E-state index in [1.807, 2.05) is 16.7 Å². The average Bonchev–Trinajstić information content (AvgIpc) is 3.19. The van der Waals surface area contributed by atoms with Crippen LogP contribution in [-0.4, -0.2) is 29.3 Å². The zero-order chi connectivity index (χ0) is 19.2. The molecule has 1 aromatic carbocycles. The average molecular weight is 393 g/mol. The first-order valence-electron chi connectivity index (χ1n) is 7.88. The quantitative estimate of drug-likeness (QED) is 0.494. The van der Waals surface area contributed by atoms with Gasteiger partial charge >= 0.3 is 6.18 Å². The van der Waals surface area contributed by atoms with Crippen molar-refractivity contribution < 1.29 is 13.2 Å². The van der Waals surface area contributed by atoms with E-state index in [-0.39, 0.29) is 5.28 Å². The first-order chi connectivity index (χ1) is 12.8. The van der Waals surface area contributed by atoms with Crippen molar-refractivity contribution in [1.82, 2.24) is 29.3 Å². The van der Waals surface area contributed by atoms with Gasteiger partial charge < -0.3 is 4.57 Å². The molecule has 0 unspecified atom stereocenters. The summed E-state index contributed by atoms with van der Waals surface area (Å²) < 4.78 is 41.6. The van der Waals surface area contributed by atoms with Gasteiger partial charge in [-0.1, -0.05) is 12.1 Å². The van der Waals surface area contributed by atoms with Gasteiger partial charge in [0.1, 0.15) is 5.52 Å².